The summed E-state index contributed by atoms with van der Waals surface area (Å²) < 4.78 is 142. The van der Waals surface area contributed by atoms with Gasteiger partial charge in [0, 0.05) is 0 Å². The molecule has 8 aromatic rings. The predicted molar refractivity (Wildman–Crippen MR) is 173 cm³/mol. The lowest BCUT2D eigenvalue weighted by atomic mass is 9.84. The van der Waals surface area contributed by atoms with E-state index in [9.17, 15) is 6.85 Å². The first-order valence-corrected chi connectivity index (χ1v) is 12.6. The highest BCUT2D eigenvalue weighted by molar-refractivity contribution is 6.24. The lowest BCUT2D eigenvalue weighted by Crippen LogP contribution is -1.92. The molecular weight excluding hydrogens is 480 g/mol. The number of benzene rings is 8. The van der Waals surface area contributed by atoms with Gasteiger partial charge in [-0.25, -0.2) is 0 Å². The molecule has 0 nitrogen and oxygen atoms in total. The largest absolute Gasteiger partial charge is 0.0629 e. The summed E-state index contributed by atoms with van der Waals surface area (Å²) in [5.41, 5.74) is -0.183. The molecule has 0 aliphatic rings. The van der Waals surface area contributed by atoms with Crippen LogP contribution >= 0.6 is 0 Å². The summed E-state index contributed by atoms with van der Waals surface area (Å²) >= 11 is 0. The van der Waals surface area contributed by atoms with Gasteiger partial charge in [-0.3, -0.25) is 0 Å². The second-order valence-electron chi connectivity index (χ2n) is 9.29. The molecule has 0 atom stereocenters. The first kappa shape index (κ1) is 11.9. The van der Waals surface area contributed by atoms with Crippen molar-refractivity contribution in [1.29, 1.82) is 0 Å². The highest BCUT2D eigenvalue weighted by atomic mass is 14.2. The Morgan fingerprint density at radius 1 is 0.350 bits per heavy atom. The van der Waals surface area contributed by atoms with Gasteiger partial charge in [-0.1, -0.05) is 151 Å². The molecule has 0 fully saturated rings. The van der Waals surface area contributed by atoms with E-state index in [1.54, 1.807) is 18.2 Å². The molecule has 0 radical (unpaired) electrons. The van der Waals surface area contributed by atoms with Gasteiger partial charge in [-0.05, 0) is 82.5 Å². The van der Waals surface area contributed by atoms with Crippen molar-refractivity contribution in [2.24, 2.45) is 0 Å². The number of hydrogen-bond donors (Lipinski definition) is 0. The van der Waals surface area contributed by atoms with Crippen LogP contribution in [0.3, 0.4) is 0 Å². The second-order valence-corrected chi connectivity index (χ2v) is 9.29. The zero-order valence-electron chi connectivity index (χ0n) is 36.8. The molecule has 0 heterocycles. The summed E-state index contributed by atoms with van der Waals surface area (Å²) in [4.78, 5) is 0. The molecule has 0 aliphatic heterocycles. The summed E-state index contributed by atoms with van der Waals surface area (Å²) in [6, 6.07) is 7.30. The number of hydrogen-bond acceptors (Lipinski definition) is 0. The fourth-order valence-electron chi connectivity index (χ4n) is 5.42. The van der Waals surface area contributed by atoms with Crippen molar-refractivity contribution in [3.63, 3.8) is 0 Å². The maximum absolute atomic E-state index is 9.29. The zero-order chi connectivity index (χ0) is 40.4. The van der Waals surface area contributed by atoms with Crippen LogP contribution in [0.2, 0.25) is 0 Å². The van der Waals surface area contributed by atoms with Crippen molar-refractivity contribution >= 4 is 43.1 Å². The third kappa shape index (κ3) is 3.54. The van der Waals surface area contributed by atoms with Crippen LogP contribution < -0.4 is 0 Å². The van der Waals surface area contributed by atoms with E-state index in [0.717, 1.165) is 10.8 Å². The Morgan fingerprint density at radius 3 is 1.70 bits per heavy atom. The van der Waals surface area contributed by atoms with Crippen LogP contribution in [0.25, 0.3) is 76.5 Å². The van der Waals surface area contributed by atoms with Crippen LogP contribution in [0.5, 0.6) is 0 Å². The molecule has 0 amide bonds. The molecule has 0 heteroatoms. The molecule has 8 aromatic carbocycles. The van der Waals surface area contributed by atoms with Gasteiger partial charge in [0.1, 0.15) is 0 Å². The lowest BCUT2D eigenvalue weighted by Gasteiger charge is -2.19. The summed E-state index contributed by atoms with van der Waals surface area (Å²) in [5.74, 6) is 0. The van der Waals surface area contributed by atoms with E-state index < -0.39 is 102 Å². The third-order valence-electron chi connectivity index (χ3n) is 7.14. The average Bonchev–Trinajstić information content (AvgIpc) is 3.20. The van der Waals surface area contributed by atoms with E-state index in [1.807, 2.05) is 36.4 Å². The summed E-state index contributed by atoms with van der Waals surface area (Å²) in [6.07, 6.45) is 0. The third-order valence-corrected chi connectivity index (χ3v) is 7.14. The Balaban J connectivity index is 1.69. The maximum atomic E-state index is 9.29. The molecule has 0 saturated heterocycles. The number of rotatable bonds is 3. The van der Waals surface area contributed by atoms with Crippen LogP contribution in [0.4, 0.5) is 0 Å². The van der Waals surface area contributed by atoms with Crippen LogP contribution in [-0.4, -0.2) is 0 Å². The van der Waals surface area contributed by atoms with Gasteiger partial charge in [0.2, 0.25) is 0 Å². The quantitative estimate of drug-likeness (QED) is 0.202. The minimum Gasteiger partial charge on any atom is -0.0622 e. The van der Waals surface area contributed by atoms with Gasteiger partial charge in [0.05, 0.1) is 21.9 Å². The van der Waals surface area contributed by atoms with Gasteiger partial charge in [-0.15, -0.1) is 0 Å². The molecule has 8 rings (SSSR count). The topological polar surface area (TPSA) is 0 Å². The Bertz CT molecular complexity index is 2990. The number of fused-ring (bicyclic) bond motifs is 4. The van der Waals surface area contributed by atoms with Crippen molar-refractivity contribution in [1.82, 2.24) is 0 Å². The predicted octanol–water partition coefficient (Wildman–Crippen LogP) is 11.3. The molecule has 40 heavy (non-hydrogen) atoms. The second kappa shape index (κ2) is 9.22. The first-order valence-electron chi connectivity index (χ1n) is 20.6. The molecule has 0 unspecified atom stereocenters. The highest BCUT2D eigenvalue weighted by Gasteiger charge is 2.18. The SMILES string of the molecule is [2H]c1c([2H])c([2H])c(-c2c3c([2H])c([2H])c([2H])c([2H])c3c(-c3cccc4c(-c5ccc6ccccc6c5)c([2H])c([2H])c([2H])c34)c3c([2H])c([2H])c([2H])c([2H])c23)c([2H])c1[2H]. The minimum atomic E-state index is -0.767. The highest BCUT2D eigenvalue weighted by Crippen LogP contribution is 2.46. The Labute approximate surface area is 256 Å². The van der Waals surface area contributed by atoms with Gasteiger partial charge >= 0.3 is 0 Å². The minimum absolute atomic E-state index is 0.0562. The standard InChI is InChI=1S/C40H26/c1-2-13-28(14-3-1)39-35-16-6-8-18-37(35)40(38-19-9-7-17-36(38)39)34-23-11-21-32-31(20-10-22-33(32)34)30-25-24-27-12-4-5-15-29(27)26-30/h1-26H/i1D,2D,3D,6D,7D,8D,9D,10D,13D,14D,16D,17D,18D,19D,20D,22D. The fraction of sp³-hybridized carbons (Fsp3) is 0. The van der Waals surface area contributed by atoms with E-state index in [-0.39, 0.29) is 44.1 Å². The molecule has 0 spiro atoms. The van der Waals surface area contributed by atoms with E-state index in [0.29, 0.717) is 16.5 Å². The summed E-state index contributed by atoms with van der Waals surface area (Å²) in [6.45, 7) is 0. The molecule has 0 N–H and O–H groups in total. The normalized spacial score (nSPS) is 17.1. The monoisotopic (exact) mass is 522 g/mol. The Kier molecular flexibility index (Phi) is 2.74. The van der Waals surface area contributed by atoms with Crippen LogP contribution in [0.1, 0.15) is 21.9 Å². The van der Waals surface area contributed by atoms with Crippen molar-refractivity contribution in [3.8, 4) is 33.4 Å². The van der Waals surface area contributed by atoms with Gasteiger partial charge in [0.15, 0.2) is 0 Å². The van der Waals surface area contributed by atoms with Crippen molar-refractivity contribution < 1.29 is 21.9 Å². The van der Waals surface area contributed by atoms with Crippen molar-refractivity contribution in [2.75, 3.05) is 0 Å². The van der Waals surface area contributed by atoms with Crippen LogP contribution in [0, 0.1) is 0 Å². The van der Waals surface area contributed by atoms with Crippen LogP contribution in [-0.2, 0) is 0 Å². The molecular formula is C40H26. The maximum Gasteiger partial charge on any atom is 0.0629 e. The Morgan fingerprint density at radius 2 is 0.975 bits per heavy atom. The van der Waals surface area contributed by atoms with E-state index in [1.165, 1.54) is 6.07 Å². The zero-order valence-corrected chi connectivity index (χ0v) is 20.8. The van der Waals surface area contributed by atoms with Crippen LogP contribution in [0.15, 0.2) is 157 Å². The summed E-state index contributed by atoms with van der Waals surface area (Å²) in [5, 5.41) is 0.828. The lowest BCUT2D eigenvalue weighted by molar-refractivity contribution is 1.65. The molecule has 0 aliphatic carbocycles. The first-order chi connectivity index (χ1) is 26.5. The molecule has 186 valence electrons. The fourth-order valence-corrected chi connectivity index (χ4v) is 5.42. The van der Waals surface area contributed by atoms with Gasteiger partial charge in [-0.2, -0.15) is 0 Å². The Hall–Kier alpha value is -5.20. The summed E-state index contributed by atoms with van der Waals surface area (Å²) in [7, 11) is 0. The van der Waals surface area contributed by atoms with Crippen molar-refractivity contribution in [3.05, 3.63) is 157 Å². The smallest absolute Gasteiger partial charge is 0.0622 e. The molecule has 0 saturated carbocycles. The molecule has 0 bridgehead atoms. The van der Waals surface area contributed by atoms with Gasteiger partial charge in [0.25, 0.3) is 0 Å². The van der Waals surface area contributed by atoms with E-state index >= 15 is 0 Å². The van der Waals surface area contributed by atoms with Gasteiger partial charge < -0.3 is 0 Å². The van der Waals surface area contributed by atoms with Crippen molar-refractivity contribution in [2.45, 2.75) is 0 Å². The van der Waals surface area contributed by atoms with E-state index in [2.05, 4.69) is 0 Å². The molecule has 0 aromatic heterocycles. The average molecular weight is 523 g/mol. The van der Waals surface area contributed by atoms with E-state index in [4.69, 9.17) is 15.1 Å².